The first-order valence-electron chi connectivity index (χ1n) is 9.96. The van der Waals surface area contributed by atoms with E-state index >= 15 is 0 Å². The summed E-state index contributed by atoms with van der Waals surface area (Å²) in [5, 5.41) is 10.3. The van der Waals surface area contributed by atoms with Crippen molar-refractivity contribution in [2.45, 2.75) is 25.0 Å². The molecule has 30 heavy (non-hydrogen) atoms. The standard InChI is InChI=1S/C23H25N5O2/c24-10-18(11-25)22-7-8-26-12-17(22)3-6-23(29)27-19-4-1-16(2-5-19)13-28-20-9-21(28)15-30-14-20/h1-8,10-12,20-21,24H,9,13-15,25H2,(H,27,29)/b6-3+,18-11+,24-10?. The number of rotatable bonds is 7. The van der Waals surface area contributed by atoms with Gasteiger partial charge < -0.3 is 21.2 Å². The molecule has 2 atom stereocenters. The number of pyridine rings is 1. The minimum absolute atomic E-state index is 0.236. The Morgan fingerprint density at radius 2 is 2.03 bits per heavy atom. The third kappa shape index (κ3) is 4.32. The van der Waals surface area contributed by atoms with Crippen LogP contribution in [-0.4, -0.2) is 47.3 Å². The molecule has 2 aliphatic heterocycles. The predicted molar refractivity (Wildman–Crippen MR) is 118 cm³/mol. The van der Waals surface area contributed by atoms with Crippen molar-refractivity contribution in [1.82, 2.24) is 9.88 Å². The Balaban J connectivity index is 1.36. The number of nitrogens with one attached hydrogen (secondary N) is 2. The van der Waals surface area contributed by atoms with E-state index in [0.717, 1.165) is 31.0 Å². The lowest BCUT2D eigenvalue weighted by atomic mass is 9.90. The predicted octanol–water partition coefficient (Wildman–Crippen LogP) is 2.66. The van der Waals surface area contributed by atoms with Crippen molar-refractivity contribution in [3.05, 3.63) is 71.7 Å². The average Bonchev–Trinajstić information content (AvgIpc) is 2.79. The molecule has 154 valence electrons. The van der Waals surface area contributed by atoms with Crippen molar-refractivity contribution in [3.63, 3.8) is 0 Å². The maximum absolute atomic E-state index is 12.3. The van der Waals surface area contributed by atoms with Crippen LogP contribution in [0.25, 0.3) is 11.6 Å². The van der Waals surface area contributed by atoms with Crippen LogP contribution >= 0.6 is 0 Å². The molecule has 2 unspecified atom stereocenters. The van der Waals surface area contributed by atoms with Crippen LogP contribution in [0.15, 0.2) is 55.0 Å². The Bertz CT molecular complexity index is 969. The fraction of sp³-hybridized carbons (Fsp3) is 0.261. The molecule has 2 aliphatic rings. The van der Waals surface area contributed by atoms with Gasteiger partial charge in [0.05, 0.1) is 13.2 Å². The fourth-order valence-corrected chi connectivity index (χ4v) is 3.94. The van der Waals surface area contributed by atoms with E-state index in [1.54, 1.807) is 24.5 Å². The second kappa shape index (κ2) is 9.02. The van der Waals surface area contributed by atoms with Crippen molar-refractivity contribution in [2.75, 3.05) is 18.5 Å². The van der Waals surface area contributed by atoms with Crippen LogP contribution in [0.4, 0.5) is 5.69 Å². The topological polar surface area (TPSA) is 104 Å². The van der Waals surface area contributed by atoms with E-state index in [0.29, 0.717) is 23.2 Å². The normalized spacial score (nSPS) is 21.3. The number of hydrogen-bond acceptors (Lipinski definition) is 6. The molecule has 0 aliphatic carbocycles. The van der Waals surface area contributed by atoms with Gasteiger partial charge in [-0.1, -0.05) is 12.1 Å². The number of fused-ring (bicyclic) bond motifs is 2. The molecule has 2 saturated heterocycles. The monoisotopic (exact) mass is 403 g/mol. The lowest BCUT2D eigenvalue weighted by Gasteiger charge is -2.52. The van der Waals surface area contributed by atoms with Crippen LogP contribution in [0.1, 0.15) is 23.1 Å². The van der Waals surface area contributed by atoms with Gasteiger partial charge in [-0.3, -0.25) is 14.7 Å². The van der Waals surface area contributed by atoms with Gasteiger partial charge in [-0.15, -0.1) is 0 Å². The zero-order valence-electron chi connectivity index (χ0n) is 16.6. The van der Waals surface area contributed by atoms with Crippen molar-refractivity contribution in [3.8, 4) is 0 Å². The summed E-state index contributed by atoms with van der Waals surface area (Å²) >= 11 is 0. The van der Waals surface area contributed by atoms with Crippen molar-refractivity contribution in [1.29, 1.82) is 5.41 Å². The van der Waals surface area contributed by atoms with E-state index in [2.05, 4.69) is 27.3 Å². The largest absolute Gasteiger partial charge is 0.404 e. The average molecular weight is 403 g/mol. The van der Waals surface area contributed by atoms with E-state index < -0.39 is 0 Å². The van der Waals surface area contributed by atoms with Gasteiger partial charge in [-0.2, -0.15) is 0 Å². The molecule has 2 bridgehead atoms. The summed E-state index contributed by atoms with van der Waals surface area (Å²) in [4.78, 5) is 18.9. The molecule has 0 saturated carbocycles. The number of carbonyl (C=O) groups excluding carboxylic acids is 1. The number of aromatic nitrogens is 1. The minimum atomic E-state index is -0.236. The van der Waals surface area contributed by atoms with Gasteiger partial charge in [0.15, 0.2) is 0 Å². The van der Waals surface area contributed by atoms with Crippen LogP contribution in [0.5, 0.6) is 0 Å². The molecule has 2 fully saturated rings. The maximum Gasteiger partial charge on any atom is 0.248 e. The summed E-state index contributed by atoms with van der Waals surface area (Å²) < 4.78 is 5.53. The molecule has 1 aromatic carbocycles. The van der Waals surface area contributed by atoms with Gasteiger partial charge in [0.1, 0.15) is 0 Å². The summed E-state index contributed by atoms with van der Waals surface area (Å²) in [7, 11) is 0. The smallest absolute Gasteiger partial charge is 0.248 e. The zero-order valence-corrected chi connectivity index (χ0v) is 16.6. The van der Waals surface area contributed by atoms with Crippen molar-refractivity contribution in [2.24, 2.45) is 5.73 Å². The van der Waals surface area contributed by atoms with Crippen LogP contribution in [-0.2, 0) is 16.1 Å². The number of carbonyl (C=O) groups is 1. The van der Waals surface area contributed by atoms with Gasteiger partial charge in [-0.25, -0.2) is 0 Å². The lowest BCUT2D eigenvalue weighted by molar-refractivity contribution is -0.131. The van der Waals surface area contributed by atoms with Crippen LogP contribution in [0.2, 0.25) is 0 Å². The fourth-order valence-electron chi connectivity index (χ4n) is 3.94. The first-order chi connectivity index (χ1) is 14.7. The highest BCUT2D eigenvalue weighted by Gasteiger charge is 2.41. The Morgan fingerprint density at radius 3 is 2.70 bits per heavy atom. The van der Waals surface area contributed by atoms with E-state index in [4.69, 9.17) is 15.9 Å². The van der Waals surface area contributed by atoms with Crippen LogP contribution in [0.3, 0.4) is 0 Å². The third-order valence-corrected chi connectivity index (χ3v) is 5.60. The lowest BCUT2D eigenvalue weighted by Crippen LogP contribution is -2.62. The second-order valence-electron chi connectivity index (χ2n) is 7.50. The van der Waals surface area contributed by atoms with Crippen molar-refractivity contribution < 1.29 is 9.53 Å². The number of nitrogens with zero attached hydrogens (tertiary/aromatic N) is 2. The molecule has 7 nitrogen and oxygen atoms in total. The Hall–Kier alpha value is -3.29. The Labute approximate surface area is 175 Å². The molecule has 4 rings (SSSR count). The van der Waals surface area contributed by atoms with Gasteiger partial charge in [0.25, 0.3) is 0 Å². The first kappa shape index (κ1) is 20.0. The quantitative estimate of drug-likeness (QED) is 0.487. The number of anilines is 1. The van der Waals surface area contributed by atoms with E-state index in [1.165, 1.54) is 30.5 Å². The van der Waals surface area contributed by atoms with E-state index in [-0.39, 0.29) is 5.91 Å². The van der Waals surface area contributed by atoms with Crippen LogP contribution in [0, 0.1) is 5.41 Å². The summed E-state index contributed by atoms with van der Waals surface area (Å²) in [5.74, 6) is -0.236. The highest BCUT2D eigenvalue weighted by Crippen LogP contribution is 2.32. The summed E-state index contributed by atoms with van der Waals surface area (Å²) in [6.07, 6.45) is 10.2. The highest BCUT2D eigenvalue weighted by molar-refractivity contribution is 6.10. The third-order valence-electron chi connectivity index (χ3n) is 5.60. The SMILES string of the molecule is N=C/C(=C\N)c1ccncc1/C=C/C(=O)Nc1ccc(CN2C3COCC2C3)cc1. The van der Waals surface area contributed by atoms with Gasteiger partial charge in [-0.05, 0) is 41.8 Å². The Morgan fingerprint density at radius 1 is 1.27 bits per heavy atom. The summed E-state index contributed by atoms with van der Waals surface area (Å²) in [5.41, 5.74) is 9.57. The molecule has 7 heteroatoms. The number of nitrogens with two attached hydrogens (primary N) is 1. The maximum atomic E-state index is 12.3. The molecule has 3 heterocycles. The number of ether oxygens (including phenoxy) is 1. The molecular formula is C23H25N5O2. The van der Waals surface area contributed by atoms with Gasteiger partial charge >= 0.3 is 0 Å². The van der Waals surface area contributed by atoms with Crippen LogP contribution < -0.4 is 11.1 Å². The van der Waals surface area contributed by atoms with Crippen molar-refractivity contribution >= 4 is 29.5 Å². The van der Waals surface area contributed by atoms with Gasteiger partial charge in [0, 0.05) is 66.3 Å². The second-order valence-corrected chi connectivity index (χ2v) is 7.50. The number of amides is 1. The summed E-state index contributed by atoms with van der Waals surface area (Å²) in [6, 6.07) is 10.8. The Kier molecular flexibility index (Phi) is 6.02. The number of allylic oxidation sites excluding steroid dienone is 1. The molecule has 2 aromatic rings. The first-order valence-corrected chi connectivity index (χ1v) is 9.96. The highest BCUT2D eigenvalue weighted by atomic mass is 16.5. The number of morpholine rings is 1. The zero-order chi connectivity index (χ0) is 20.9. The van der Waals surface area contributed by atoms with Gasteiger partial charge in [0.2, 0.25) is 5.91 Å². The van der Waals surface area contributed by atoms with E-state index in [9.17, 15) is 4.79 Å². The molecular weight excluding hydrogens is 378 g/mol. The molecule has 1 aromatic heterocycles. The number of hydrogen-bond donors (Lipinski definition) is 3. The van der Waals surface area contributed by atoms with E-state index in [1.807, 2.05) is 12.1 Å². The summed E-state index contributed by atoms with van der Waals surface area (Å²) in [6.45, 7) is 2.58. The minimum Gasteiger partial charge on any atom is -0.404 e. The molecule has 0 spiro atoms. The molecule has 1 amide bonds. The molecule has 4 N–H and O–H groups in total. The molecule has 0 radical (unpaired) electrons. The number of benzene rings is 1.